The third kappa shape index (κ3) is 3.67. The summed E-state index contributed by atoms with van der Waals surface area (Å²) in [5.74, 6) is 1.02. The van der Waals surface area contributed by atoms with Crippen molar-refractivity contribution in [3.05, 3.63) is 39.3 Å². The highest BCUT2D eigenvalue weighted by Gasteiger charge is 2.33. The van der Waals surface area contributed by atoms with Crippen LogP contribution in [-0.2, 0) is 6.54 Å². The van der Waals surface area contributed by atoms with Gasteiger partial charge in [-0.2, -0.15) is 5.10 Å². The van der Waals surface area contributed by atoms with Crippen molar-refractivity contribution >= 4 is 29.0 Å². The lowest BCUT2D eigenvalue weighted by molar-refractivity contribution is 0.151. The normalized spacial score (nSPS) is 17.7. The molecule has 0 aliphatic carbocycles. The van der Waals surface area contributed by atoms with Gasteiger partial charge in [-0.3, -0.25) is 4.68 Å². The molecule has 0 radical (unpaired) electrons. The van der Waals surface area contributed by atoms with Crippen LogP contribution in [0.25, 0.3) is 0 Å². The highest BCUT2D eigenvalue weighted by atomic mass is 35.5. The van der Waals surface area contributed by atoms with Crippen molar-refractivity contribution in [2.24, 2.45) is 5.92 Å². The molecular weight excluding hydrogens is 381 g/mol. The van der Waals surface area contributed by atoms with E-state index in [1.54, 1.807) is 0 Å². The molecule has 1 fully saturated rings. The Bertz CT molecular complexity index is 792. The van der Waals surface area contributed by atoms with Crippen molar-refractivity contribution in [3.63, 3.8) is 0 Å². The van der Waals surface area contributed by atoms with Crippen molar-refractivity contribution < 1.29 is 8.78 Å². The fourth-order valence-corrected chi connectivity index (χ4v) is 4.10. The molecule has 3 rings (SSSR count). The van der Waals surface area contributed by atoms with E-state index < -0.39 is 6.43 Å². The SMILES string of the molecule is Cc1nn(CC(C)C)c(Cl)c1C1CCCN1c1cc(Cl)c(C(F)F)cn1. The second-order valence-corrected chi connectivity index (χ2v) is 7.85. The smallest absolute Gasteiger partial charge is 0.266 e. The lowest BCUT2D eigenvalue weighted by atomic mass is 10.1. The van der Waals surface area contributed by atoms with Crippen molar-refractivity contribution in [3.8, 4) is 0 Å². The van der Waals surface area contributed by atoms with Crippen molar-refractivity contribution in [1.82, 2.24) is 14.8 Å². The summed E-state index contributed by atoms with van der Waals surface area (Å²) in [6.45, 7) is 7.71. The average Bonchev–Trinajstić information content (AvgIpc) is 3.11. The molecule has 0 aromatic carbocycles. The number of alkyl halides is 2. The van der Waals surface area contributed by atoms with E-state index in [0.29, 0.717) is 16.9 Å². The molecule has 1 aliphatic rings. The van der Waals surface area contributed by atoms with Crippen molar-refractivity contribution in [2.45, 2.75) is 52.6 Å². The standard InChI is InChI=1S/C18H22Cl2F2N4/c1-10(2)9-26-17(20)16(11(3)24-26)14-5-4-6-25(14)15-7-13(19)12(8-23-15)18(21)22/h7-8,10,14,18H,4-6,9H2,1-3H3. The minimum Gasteiger partial charge on any atom is -0.349 e. The summed E-state index contributed by atoms with van der Waals surface area (Å²) in [7, 11) is 0. The van der Waals surface area contributed by atoms with Gasteiger partial charge in [0.05, 0.1) is 22.3 Å². The first-order chi connectivity index (χ1) is 12.3. The molecular formula is C18H22Cl2F2N4. The van der Waals surface area contributed by atoms with Gasteiger partial charge in [-0.1, -0.05) is 37.0 Å². The number of hydrogen-bond acceptors (Lipinski definition) is 3. The largest absolute Gasteiger partial charge is 0.349 e. The van der Waals surface area contributed by atoms with Crippen LogP contribution in [0.2, 0.25) is 10.2 Å². The zero-order chi connectivity index (χ0) is 19.0. The van der Waals surface area contributed by atoms with Crippen LogP contribution in [0.4, 0.5) is 14.6 Å². The quantitative estimate of drug-likeness (QED) is 0.630. The number of rotatable bonds is 5. The second kappa shape index (κ2) is 7.69. The van der Waals surface area contributed by atoms with E-state index in [4.69, 9.17) is 23.2 Å². The number of halogens is 4. The molecule has 0 saturated carbocycles. The van der Waals surface area contributed by atoms with Gasteiger partial charge in [0.15, 0.2) is 0 Å². The van der Waals surface area contributed by atoms with Crippen molar-refractivity contribution in [1.29, 1.82) is 0 Å². The van der Waals surface area contributed by atoms with Crippen LogP contribution in [0.3, 0.4) is 0 Å². The Kier molecular flexibility index (Phi) is 5.72. The summed E-state index contributed by atoms with van der Waals surface area (Å²) < 4.78 is 27.7. The van der Waals surface area contributed by atoms with E-state index in [1.807, 2.05) is 11.6 Å². The molecule has 0 bridgehead atoms. The zero-order valence-corrected chi connectivity index (χ0v) is 16.5. The molecule has 142 valence electrons. The van der Waals surface area contributed by atoms with Crippen LogP contribution in [0, 0.1) is 12.8 Å². The fourth-order valence-electron chi connectivity index (χ4n) is 3.50. The zero-order valence-electron chi connectivity index (χ0n) is 15.0. The van der Waals surface area contributed by atoms with Gasteiger partial charge in [-0.25, -0.2) is 13.8 Å². The first-order valence-electron chi connectivity index (χ1n) is 8.72. The number of aryl methyl sites for hydroxylation is 1. The first kappa shape index (κ1) is 19.4. The number of aromatic nitrogens is 3. The Morgan fingerprint density at radius 1 is 1.31 bits per heavy atom. The predicted octanol–water partition coefficient (Wildman–Crippen LogP) is 5.83. The van der Waals surface area contributed by atoms with Gasteiger partial charge in [0.1, 0.15) is 11.0 Å². The summed E-state index contributed by atoms with van der Waals surface area (Å²) >= 11 is 12.7. The molecule has 26 heavy (non-hydrogen) atoms. The molecule has 1 aliphatic heterocycles. The van der Waals surface area contributed by atoms with E-state index in [2.05, 4.69) is 28.8 Å². The number of nitrogens with zero attached hydrogens (tertiary/aromatic N) is 4. The van der Waals surface area contributed by atoms with Gasteiger partial charge in [-0.15, -0.1) is 0 Å². The van der Waals surface area contributed by atoms with Crippen LogP contribution in [-0.4, -0.2) is 21.3 Å². The lowest BCUT2D eigenvalue weighted by Gasteiger charge is -2.26. The van der Waals surface area contributed by atoms with E-state index in [1.165, 1.54) is 6.07 Å². The minimum atomic E-state index is -2.63. The maximum atomic E-state index is 12.9. The molecule has 2 aromatic rings. The molecule has 1 unspecified atom stereocenters. The average molecular weight is 403 g/mol. The summed E-state index contributed by atoms with van der Waals surface area (Å²) in [6.07, 6.45) is 0.397. The predicted molar refractivity (Wildman–Crippen MR) is 100 cm³/mol. The number of hydrogen-bond donors (Lipinski definition) is 0. The summed E-state index contributed by atoms with van der Waals surface area (Å²) in [5.41, 5.74) is 1.63. The van der Waals surface area contributed by atoms with E-state index in [0.717, 1.165) is 43.4 Å². The third-order valence-electron chi connectivity index (χ3n) is 4.63. The molecule has 8 heteroatoms. The Hall–Kier alpha value is -1.40. The van der Waals surface area contributed by atoms with Gasteiger partial charge in [0.25, 0.3) is 6.43 Å². The number of anilines is 1. The lowest BCUT2D eigenvalue weighted by Crippen LogP contribution is -2.24. The third-order valence-corrected chi connectivity index (χ3v) is 5.36. The van der Waals surface area contributed by atoms with Gasteiger partial charge in [0.2, 0.25) is 0 Å². The summed E-state index contributed by atoms with van der Waals surface area (Å²) in [6, 6.07) is 1.53. The van der Waals surface area contributed by atoms with Gasteiger partial charge >= 0.3 is 0 Å². The molecule has 1 atom stereocenters. The van der Waals surface area contributed by atoms with E-state index in [-0.39, 0.29) is 16.6 Å². The van der Waals surface area contributed by atoms with Gasteiger partial charge in [0, 0.05) is 24.8 Å². The minimum absolute atomic E-state index is 0.0179. The molecule has 4 nitrogen and oxygen atoms in total. The first-order valence-corrected chi connectivity index (χ1v) is 9.48. The molecule has 0 N–H and O–H groups in total. The summed E-state index contributed by atoms with van der Waals surface area (Å²) in [5, 5.41) is 5.27. The van der Waals surface area contributed by atoms with E-state index >= 15 is 0 Å². The Morgan fingerprint density at radius 3 is 2.65 bits per heavy atom. The monoisotopic (exact) mass is 402 g/mol. The van der Waals surface area contributed by atoms with Crippen LogP contribution in [0.5, 0.6) is 0 Å². The molecule has 1 saturated heterocycles. The fraction of sp³-hybridized carbons (Fsp3) is 0.556. The van der Waals surface area contributed by atoms with Crippen LogP contribution < -0.4 is 4.90 Å². The molecule has 0 amide bonds. The van der Waals surface area contributed by atoms with Crippen LogP contribution in [0.1, 0.15) is 56.0 Å². The van der Waals surface area contributed by atoms with Crippen molar-refractivity contribution in [2.75, 3.05) is 11.4 Å². The molecule has 0 spiro atoms. The Morgan fingerprint density at radius 2 is 2.04 bits per heavy atom. The number of pyridine rings is 1. The topological polar surface area (TPSA) is 34.0 Å². The Labute approximate surface area is 162 Å². The molecule has 3 heterocycles. The van der Waals surface area contributed by atoms with Gasteiger partial charge < -0.3 is 4.90 Å². The summed E-state index contributed by atoms with van der Waals surface area (Å²) in [4.78, 5) is 6.30. The molecule has 2 aromatic heterocycles. The van der Waals surface area contributed by atoms with E-state index in [9.17, 15) is 8.78 Å². The van der Waals surface area contributed by atoms with Gasteiger partial charge in [-0.05, 0) is 31.7 Å². The highest BCUT2D eigenvalue weighted by molar-refractivity contribution is 6.31. The second-order valence-electron chi connectivity index (χ2n) is 7.08. The van der Waals surface area contributed by atoms with Crippen LogP contribution in [0.15, 0.2) is 12.3 Å². The maximum Gasteiger partial charge on any atom is 0.266 e. The van der Waals surface area contributed by atoms with Crippen LogP contribution >= 0.6 is 23.2 Å². The Balaban J connectivity index is 1.94. The maximum absolute atomic E-state index is 12.9. The highest BCUT2D eigenvalue weighted by Crippen LogP contribution is 2.41.